The van der Waals surface area contributed by atoms with Gasteiger partial charge in [0.05, 0.1) is 11.3 Å². The van der Waals surface area contributed by atoms with Crippen molar-refractivity contribution >= 4 is 44.2 Å². The van der Waals surface area contributed by atoms with Gasteiger partial charge in [0.1, 0.15) is 0 Å². The summed E-state index contributed by atoms with van der Waals surface area (Å²) in [6, 6.07) is 10.0. The average Bonchev–Trinajstić information content (AvgIpc) is 2.71. The van der Waals surface area contributed by atoms with E-state index >= 15 is 0 Å². The summed E-state index contributed by atoms with van der Waals surface area (Å²) in [6.45, 7) is 7.82. The molecule has 1 saturated heterocycles. The summed E-state index contributed by atoms with van der Waals surface area (Å²) >= 11 is 3.55. The number of nitrogens with zero attached hydrogens (tertiary/aromatic N) is 3. The largest absolute Gasteiger partial charge is 0.354 e. The highest BCUT2D eigenvalue weighted by Crippen LogP contribution is 2.31. The van der Waals surface area contributed by atoms with Gasteiger partial charge in [-0.1, -0.05) is 22.9 Å². The molecular formula is C23H25BrN4O. The van der Waals surface area contributed by atoms with Crippen molar-refractivity contribution in [2.45, 2.75) is 33.6 Å². The number of pyridine rings is 2. The highest BCUT2D eigenvalue weighted by atomic mass is 79.9. The first-order valence-electron chi connectivity index (χ1n) is 10.0. The van der Waals surface area contributed by atoms with E-state index in [-0.39, 0.29) is 5.91 Å². The second-order valence-electron chi connectivity index (χ2n) is 7.93. The van der Waals surface area contributed by atoms with E-state index in [0.717, 1.165) is 58.4 Å². The number of anilines is 2. The monoisotopic (exact) mass is 452 g/mol. The van der Waals surface area contributed by atoms with Crippen LogP contribution in [0.2, 0.25) is 0 Å². The van der Waals surface area contributed by atoms with Crippen molar-refractivity contribution in [2.24, 2.45) is 5.92 Å². The number of benzene rings is 1. The summed E-state index contributed by atoms with van der Waals surface area (Å²) < 4.78 is 1.05. The van der Waals surface area contributed by atoms with Crippen LogP contribution in [0.5, 0.6) is 0 Å². The lowest BCUT2D eigenvalue weighted by molar-refractivity contribution is 0.0698. The van der Waals surface area contributed by atoms with Gasteiger partial charge in [0, 0.05) is 40.5 Å². The molecule has 1 aromatic carbocycles. The van der Waals surface area contributed by atoms with Gasteiger partial charge in [0.15, 0.2) is 5.65 Å². The van der Waals surface area contributed by atoms with Crippen molar-refractivity contribution in [3.63, 3.8) is 0 Å². The maximum Gasteiger partial charge on any atom is 0.257 e. The molecule has 0 aliphatic carbocycles. The highest BCUT2D eigenvalue weighted by Gasteiger charge is 2.25. The topological polar surface area (TPSA) is 58.1 Å². The summed E-state index contributed by atoms with van der Waals surface area (Å²) in [5.74, 6) is 0.701. The molecule has 0 unspecified atom stereocenters. The van der Waals surface area contributed by atoms with Crippen molar-refractivity contribution in [3.05, 3.63) is 57.8 Å². The third-order valence-electron chi connectivity index (χ3n) is 5.60. The minimum atomic E-state index is 0.0307. The lowest BCUT2D eigenvalue weighted by Crippen LogP contribution is -2.38. The van der Waals surface area contributed by atoms with Crippen LogP contribution in [0.3, 0.4) is 0 Å². The van der Waals surface area contributed by atoms with Gasteiger partial charge in [0.2, 0.25) is 0 Å². The number of piperidine rings is 1. The Morgan fingerprint density at radius 3 is 2.66 bits per heavy atom. The molecule has 0 bridgehead atoms. The van der Waals surface area contributed by atoms with Crippen LogP contribution in [0.15, 0.2) is 41.0 Å². The molecule has 1 fully saturated rings. The number of carbonyl (C=O) groups is 1. The lowest BCUT2D eigenvalue weighted by Gasteiger charge is -2.31. The molecule has 1 N–H and O–H groups in total. The second-order valence-corrected chi connectivity index (χ2v) is 8.79. The molecule has 1 aliphatic heterocycles. The fourth-order valence-electron chi connectivity index (χ4n) is 3.72. The molecule has 5 nitrogen and oxygen atoms in total. The molecule has 150 valence electrons. The molecule has 1 amide bonds. The van der Waals surface area contributed by atoms with Gasteiger partial charge in [-0.3, -0.25) is 4.79 Å². The molecule has 2 aromatic heterocycles. The first-order chi connectivity index (χ1) is 13.9. The fraction of sp³-hybridized carbons (Fsp3) is 0.348. The van der Waals surface area contributed by atoms with Crippen molar-refractivity contribution in [1.82, 2.24) is 14.9 Å². The van der Waals surface area contributed by atoms with E-state index in [1.165, 1.54) is 0 Å². The number of aromatic nitrogens is 2. The molecule has 0 radical (unpaired) electrons. The Morgan fingerprint density at radius 2 is 1.93 bits per heavy atom. The number of rotatable bonds is 3. The summed E-state index contributed by atoms with van der Waals surface area (Å²) in [7, 11) is 0. The van der Waals surface area contributed by atoms with E-state index in [4.69, 9.17) is 0 Å². The van der Waals surface area contributed by atoms with Crippen LogP contribution in [0, 0.1) is 19.8 Å². The third kappa shape index (κ3) is 4.13. The number of carbonyl (C=O) groups excluding carboxylic acids is 1. The number of fused-ring (bicyclic) bond motifs is 1. The molecule has 0 spiro atoms. The van der Waals surface area contributed by atoms with Crippen molar-refractivity contribution in [3.8, 4) is 0 Å². The van der Waals surface area contributed by atoms with Crippen molar-refractivity contribution in [2.75, 3.05) is 18.4 Å². The standard InChI is InChI=1S/C23H25BrN4O/c1-14-8-10-28(11-9-14)23(29)19-13-25-22-18(6-4-16(3)26-22)21(19)27-17-5-7-20(24)15(2)12-17/h4-7,12-14H,8-11H2,1-3H3,(H,25,26,27). The Kier molecular flexibility index (Phi) is 5.54. The molecule has 29 heavy (non-hydrogen) atoms. The minimum absolute atomic E-state index is 0.0307. The summed E-state index contributed by atoms with van der Waals surface area (Å²) in [6.07, 6.45) is 3.76. The van der Waals surface area contributed by atoms with Crippen LogP contribution in [0.25, 0.3) is 11.0 Å². The zero-order chi connectivity index (χ0) is 20.5. The lowest BCUT2D eigenvalue weighted by atomic mass is 9.98. The summed E-state index contributed by atoms with van der Waals surface area (Å²) in [4.78, 5) is 24.4. The van der Waals surface area contributed by atoms with E-state index in [2.05, 4.69) is 44.2 Å². The van der Waals surface area contributed by atoms with E-state index < -0.39 is 0 Å². The SMILES string of the molecule is Cc1ccc2c(Nc3ccc(Br)c(C)c3)c(C(=O)N3CCC(C)CC3)cnc2n1. The van der Waals surface area contributed by atoms with Gasteiger partial charge in [-0.2, -0.15) is 0 Å². The van der Waals surface area contributed by atoms with Gasteiger partial charge < -0.3 is 10.2 Å². The van der Waals surface area contributed by atoms with Gasteiger partial charge in [-0.15, -0.1) is 0 Å². The Bertz CT molecular complexity index is 1070. The molecule has 1 aliphatic rings. The molecule has 3 heterocycles. The fourth-order valence-corrected chi connectivity index (χ4v) is 3.96. The normalized spacial score (nSPS) is 15.0. The molecule has 4 rings (SSSR count). The number of hydrogen-bond donors (Lipinski definition) is 1. The average molecular weight is 453 g/mol. The zero-order valence-corrected chi connectivity index (χ0v) is 18.6. The van der Waals surface area contributed by atoms with Gasteiger partial charge in [0.25, 0.3) is 5.91 Å². The maximum atomic E-state index is 13.4. The molecule has 0 saturated carbocycles. The first kappa shape index (κ1) is 19.8. The van der Waals surface area contributed by atoms with Gasteiger partial charge in [-0.05, 0) is 68.5 Å². The van der Waals surface area contributed by atoms with Crippen LogP contribution in [-0.4, -0.2) is 33.9 Å². The molecule has 0 atom stereocenters. The Labute approximate surface area is 179 Å². The number of amides is 1. The number of hydrogen-bond acceptors (Lipinski definition) is 4. The van der Waals surface area contributed by atoms with E-state index in [9.17, 15) is 4.79 Å². The number of aryl methyl sites for hydroxylation is 2. The number of nitrogens with one attached hydrogen (secondary N) is 1. The predicted octanol–water partition coefficient (Wildman–Crippen LogP) is 5.62. The third-order valence-corrected chi connectivity index (χ3v) is 6.49. The first-order valence-corrected chi connectivity index (χ1v) is 10.8. The number of likely N-dealkylation sites (tertiary alicyclic amines) is 1. The van der Waals surface area contributed by atoms with Gasteiger partial charge >= 0.3 is 0 Å². The Morgan fingerprint density at radius 1 is 1.17 bits per heavy atom. The van der Waals surface area contributed by atoms with Crippen LogP contribution in [0.1, 0.15) is 41.4 Å². The van der Waals surface area contributed by atoms with E-state index in [1.54, 1.807) is 6.20 Å². The zero-order valence-electron chi connectivity index (χ0n) is 17.0. The van der Waals surface area contributed by atoms with Crippen molar-refractivity contribution in [1.29, 1.82) is 0 Å². The smallest absolute Gasteiger partial charge is 0.257 e. The Balaban J connectivity index is 1.78. The van der Waals surface area contributed by atoms with Crippen LogP contribution >= 0.6 is 15.9 Å². The maximum absolute atomic E-state index is 13.4. The van der Waals surface area contributed by atoms with E-state index in [1.807, 2.05) is 43.0 Å². The minimum Gasteiger partial charge on any atom is -0.354 e. The molecular weight excluding hydrogens is 428 g/mol. The summed E-state index contributed by atoms with van der Waals surface area (Å²) in [5, 5.41) is 4.34. The quantitative estimate of drug-likeness (QED) is 0.559. The highest BCUT2D eigenvalue weighted by molar-refractivity contribution is 9.10. The van der Waals surface area contributed by atoms with Crippen molar-refractivity contribution < 1.29 is 4.79 Å². The predicted molar refractivity (Wildman–Crippen MR) is 121 cm³/mol. The number of halogens is 1. The van der Waals surface area contributed by atoms with Gasteiger partial charge in [-0.25, -0.2) is 9.97 Å². The van der Waals surface area contributed by atoms with Crippen LogP contribution in [-0.2, 0) is 0 Å². The summed E-state index contributed by atoms with van der Waals surface area (Å²) in [5.41, 5.74) is 4.97. The van der Waals surface area contributed by atoms with E-state index in [0.29, 0.717) is 17.1 Å². The van der Waals surface area contributed by atoms with Crippen LogP contribution < -0.4 is 5.32 Å². The second kappa shape index (κ2) is 8.11. The molecule has 3 aromatic rings. The van der Waals surface area contributed by atoms with Crippen LogP contribution in [0.4, 0.5) is 11.4 Å². The molecule has 6 heteroatoms. The Hall–Kier alpha value is -2.47.